The van der Waals surface area contributed by atoms with Crippen LogP contribution in [0.2, 0.25) is 0 Å². The third kappa shape index (κ3) is 3.36. The largest absolute Gasteiger partial charge is 0.492 e. The number of halogens is 2. The van der Waals surface area contributed by atoms with Crippen molar-refractivity contribution in [3.05, 3.63) is 46.2 Å². The molecule has 0 atom stereocenters. The van der Waals surface area contributed by atoms with Gasteiger partial charge in [-0.05, 0) is 39.7 Å². The number of hydrogen-bond acceptors (Lipinski definition) is 2. The minimum absolute atomic E-state index is 0.645. The Morgan fingerprint density at radius 3 is 2.78 bits per heavy atom. The zero-order valence-electron chi connectivity index (χ0n) is 10.1. The molecule has 18 heavy (non-hydrogen) atoms. The van der Waals surface area contributed by atoms with Gasteiger partial charge in [-0.2, -0.15) is 5.10 Å². The Labute approximate surface area is 123 Å². The first-order chi connectivity index (χ1) is 8.70. The zero-order valence-corrected chi connectivity index (χ0v) is 13.2. The molecule has 0 bridgehead atoms. The molecule has 0 spiro atoms. The first kappa shape index (κ1) is 13.6. The van der Waals surface area contributed by atoms with Crippen molar-refractivity contribution in [3.8, 4) is 5.75 Å². The molecule has 96 valence electrons. The summed E-state index contributed by atoms with van der Waals surface area (Å²) < 4.78 is 8.62. The predicted molar refractivity (Wildman–Crippen MR) is 79.2 cm³/mol. The molecule has 0 aliphatic rings. The van der Waals surface area contributed by atoms with Crippen LogP contribution in [0.4, 0.5) is 0 Å². The summed E-state index contributed by atoms with van der Waals surface area (Å²) in [5.74, 6) is 0.877. The number of rotatable bonds is 5. The molecule has 0 amide bonds. The van der Waals surface area contributed by atoms with Gasteiger partial charge in [0, 0.05) is 30.7 Å². The quantitative estimate of drug-likeness (QED) is 0.747. The first-order valence-electron chi connectivity index (χ1n) is 5.65. The highest BCUT2D eigenvalue weighted by atomic mass is 79.9. The average molecular weight is 374 g/mol. The third-order valence-corrected chi connectivity index (χ3v) is 3.96. The number of hydrogen-bond donors (Lipinski definition) is 0. The predicted octanol–water partition coefficient (Wildman–Crippen LogP) is 3.70. The van der Waals surface area contributed by atoms with Gasteiger partial charge in [-0.1, -0.05) is 22.0 Å². The smallest absolute Gasteiger partial charge is 0.133 e. The molecule has 0 aliphatic heterocycles. The van der Waals surface area contributed by atoms with Gasteiger partial charge in [-0.3, -0.25) is 4.68 Å². The molecule has 5 heteroatoms. The van der Waals surface area contributed by atoms with E-state index < -0.39 is 0 Å². The lowest BCUT2D eigenvalue weighted by atomic mass is 10.2. The molecule has 0 saturated heterocycles. The van der Waals surface area contributed by atoms with Crippen molar-refractivity contribution in [2.75, 3.05) is 6.61 Å². The molecule has 0 N–H and O–H groups in total. The molecule has 2 rings (SSSR count). The van der Waals surface area contributed by atoms with Crippen molar-refractivity contribution in [1.29, 1.82) is 0 Å². The minimum Gasteiger partial charge on any atom is -0.492 e. The molecule has 0 saturated carbocycles. The maximum Gasteiger partial charge on any atom is 0.133 e. The van der Waals surface area contributed by atoms with Gasteiger partial charge in [0.15, 0.2) is 0 Å². The Hall–Kier alpha value is -0.810. The topological polar surface area (TPSA) is 27.1 Å². The van der Waals surface area contributed by atoms with Gasteiger partial charge in [-0.15, -0.1) is 0 Å². The summed E-state index contributed by atoms with van der Waals surface area (Å²) in [4.78, 5) is 0. The second-order valence-electron chi connectivity index (χ2n) is 3.94. The van der Waals surface area contributed by atoms with E-state index in [1.54, 1.807) is 6.20 Å². The molecule has 0 unspecified atom stereocenters. The van der Waals surface area contributed by atoms with Crippen LogP contribution in [0.25, 0.3) is 0 Å². The standard InChI is InChI=1S/C13H14Br2N2O/c1-17-11(4-6-16-17)5-7-18-13-3-2-10(9-14)8-12(13)15/h2-4,6,8H,5,7,9H2,1H3. The molecule has 0 radical (unpaired) electrons. The lowest BCUT2D eigenvalue weighted by molar-refractivity contribution is 0.316. The average Bonchev–Trinajstić information content (AvgIpc) is 2.77. The number of ether oxygens (including phenoxy) is 1. The summed E-state index contributed by atoms with van der Waals surface area (Å²) in [5, 5.41) is 4.98. The van der Waals surface area contributed by atoms with E-state index in [9.17, 15) is 0 Å². The van der Waals surface area contributed by atoms with Crippen molar-refractivity contribution >= 4 is 31.9 Å². The van der Waals surface area contributed by atoms with Gasteiger partial charge in [-0.25, -0.2) is 0 Å². The van der Waals surface area contributed by atoms with Crippen LogP contribution in [-0.2, 0) is 18.8 Å². The number of benzene rings is 1. The van der Waals surface area contributed by atoms with Crippen molar-refractivity contribution in [1.82, 2.24) is 9.78 Å². The normalized spacial score (nSPS) is 10.6. The van der Waals surface area contributed by atoms with Crippen LogP contribution in [0.3, 0.4) is 0 Å². The monoisotopic (exact) mass is 372 g/mol. The summed E-state index contributed by atoms with van der Waals surface area (Å²) in [6.45, 7) is 0.645. The maximum absolute atomic E-state index is 5.76. The minimum atomic E-state index is 0.645. The second-order valence-corrected chi connectivity index (χ2v) is 5.36. The molecule has 1 heterocycles. The van der Waals surface area contributed by atoms with Crippen LogP contribution in [0, 0.1) is 0 Å². The highest BCUT2D eigenvalue weighted by molar-refractivity contribution is 9.10. The van der Waals surface area contributed by atoms with Gasteiger partial charge in [0.1, 0.15) is 5.75 Å². The molecular weight excluding hydrogens is 360 g/mol. The van der Waals surface area contributed by atoms with Gasteiger partial charge >= 0.3 is 0 Å². The lowest BCUT2D eigenvalue weighted by Gasteiger charge is -2.09. The number of aromatic nitrogens is 2. The zero-order chi connectivity index (χ0) is 13.0. The summed E-state index contributed by atoms with van der Waals surface area (Å²) in [6, 6.07) is 8.11. The van der Waals surface area contributed by atoms with E-state index in [1.165, 1.54) is 11.3 Å². The summed E-state index contributed by atoms with van der Waals surface area (Å²) >= 11 is 6.95. The Kier molecular flexibility index (Phi) is 4.83. The van der Waals surface area contributed by atoms with E-state index in [-0.39, 0.29) is 0 Å². The summed E-state index contributed by atoms with van der Waals surface area (Å²) in [5.41, 5.74) is 2.39. The van der Waals surface area contributed by atoms with Crippen LogP contribution in [0.5, 0.6) is 5.75 Å². The van der Waals surface area contributed by atoms with Crippen LogP contribution < -0.4 is 4.74 Å². The van der Waals surface area contributed by atoms with Crippen LogP contribution >= 0.6 is 31.9 Å². The van der Waals surface area contributed by atoms with Crippen molar-refractivity contribution in [2.45, 2.75) is 11.8 Å². The van der Waals surface area contributed by atoms with Crippen molar-refractivity contribution in [2.24, 2.45) is 7.05 Å². The van der Waals surface area contributed by atoms with Crippen LogP contribution in [0.15, 0.2) is 34.9 Å². The van der Waals surface area contributed by atoms with Gasteiger partial charge < -0.3 is 4.74 Å². The molecule has 1 aromatic heterocycles. The van der Waals surface area contributed by atoms with Crippen LogP contribution in [0.1, 0.15) is 11.3 Å². The number of aryl methyl sites for hydroxylation is 1. The molecule has 1 aromatic carbocycles. The summed E-state index contributed by atoms with van der Waals surface area (Å²) in [6.07, 6.45) is 2.65. The Morgan fingerprint density at radius 1 is 1.33 bits per heavy atom. The Bertz CT molecular complexity index is 525. The fraction of sp³-hybridized carbons (Fsp3) is 0.308. The number of nitrogens with zero attached hydrogens (tertiary/aromatic N) is 2. The van der Waals surface area contributed by atoms with Crippen molar-refractivity contribution < 1.29 is 4.74 Å². The van der Waals surface area contributed by atoms with E-state index in [1.807, 2.05) is 23.9 Å². The molecule has 2 aromatic rings. The highest BCUT2D eigenvalue weighted by Crippen LogP contribution is 2.26. The third-order valence-electron chi connectivity index (χ3n) is 2.69. The van der Waals surface area contributed by atoms with E-state index in [2.05, 4.69) is 49.1 Å². The lowest BCUT2D eigenvalue weighted by Crippen LogP contribution is -2.06. The summed E-state index contributed by atoms with van der Waals surface area (Å²) in [7, 11) is 1.94. The SMILES string of the molecule is Cn1nccc1CCOc1ccc(CBr)cc1Br. The molecule has 3 nitrogen and oxygen atoms in total. The van der Waals surface area contributed by atoms with Gasteiger partial charge in [0.2, 0.25) is 0 Å². The molecular formula is C13H14Br2N2O. The van der Waals surface area contributed by atoms with E-state index in [0.29, 0.717) is 6.61 Å². The van der Waals surface area contributed by atoms with Crippen LogP contribution in [-0.4, -0.2) is 16.4 Å². The maximum atomic E-state index is 5.76. The number of alkyl halides is 1. The second kappa shape index (κ2) is 6.38. The Morgan fingerprint density at radius 2 is 2.17 bits per heavy atom. The Balaban J connectivity index is 1.92. The van der Waals surface area contributed by atoms with E-state index in [0.717, 1.165) is 22.0 Å². The molecule has 0 aliphatic carbocycles. The first-order valence-corrected chi connectivity index (χ1v) is 7.56. The van der Waals surface area contributed by atoms with E-state index in [4.69, 9.17) is 4.74 Å². The van der Waals surface area contributed by atoms with Crippen molar-refractivity contribution in [3.63, 3.8) is 0 Å². The fourth-order valence-electron chi connectivity index (χ4n) is 1.66. The van der Waals surface area contributed by atoms with Gasteiger partial charge in [0.25, 0.3) is 0 Å². The van der Waals surface area contributed by atoms with Gasteiger partial charge in [0.05, 0.1) is 11.1 Å². The molecule has 0 fully saturated rings. The highest BCUT2D eigenvalue weighted by Gasteiger charge is 2.03. The fourth-order valence-corrected chi connectivity index (χ4v) is 2.55. The van der Waals surface area contributed by atoms with E-state index >= 15 is 0 Å².